The molecular weight excluding hydrogens is 320 g/mol. The quantitative estimate of drug-likeness (QED) is 0.719. The number of carbonyl (C=O) groups is 2. The van der Waals surface area contributed by atoms with Gasteiger partial charge in [0.05, 0.1) is 19.0 Å². The van der Waals surface area contributed by atoms with Gasteiger partial charge in [-0.15, -0.1) is 5.10 Å². The summed E-state index contributed by atoms with van der Waals surface area (Å²) in [7, 11) is 1.27. The van der Waals surface area contributed by atoms with Crippen molar-refractivity contribution in [1.29, 1.82) is 0 Å². The van der Waals surface area contributed by atoms with Crippen LogP contribution in [0.3, 0.4) is 0 Å². The Labute approximate surface area is 144 Å². The highest BCUT2D eigenvalue weighted by atomic mass is 16.5. The average molecular weight is 336 g/mol. The van der Waals surface area contributed by atoms with Crippen LogP contribution < -0.4 is 5.32 Å². The SMILES string of the molecule is COC(=O)CNC(=O)c1ccc(-n2cc(-c3ccccc3)nn2)cc1. The lowest BCUT2D eigenvalue weighted by molar-refractivity contribution is -0.139. The summed E-state index contributed by atoms with van der Waals surface area (Å²) in [5.41, 5.74) is 2.96. The van der Waals surface area contributed by atoms with Crippen LogP contribution in [0.15, 0.2) is 60.8 Å². The molecule has 7 nitrogen and oxygen atoms in total. The van der Waals surface area contributed by atoms with Crippen molar-refractivity contribution < 1.29 is 14.3 Å². The Kier molecular flexibility index (Phi) is 4.84. The Morgan fingerprint density at radius 2 is 1.80 bits per heavy atom. The molecule has 2 aromatic carbocycles. The van der Waals surface area contributed by atoms with Crippen LogP contribution in [-0.4, -0.2) is 40.5 Å². The Morgan fingerprint density at radius 1 is 1.08 bits per heavy atom. The molecule has 0 aliphatic heterocycles. The zero-order chi connectivity index (χ0) is 17.6. The minimum absolute atomic E-state index is 0.166. The molecule has 7 heteroatoms. The van der Waals surface area contributed by atoms with E-state index < -0.39 is 5.97 Å². The molecule has 25 heavy (non-hydrogen) atoms. The molecule has 0 bridgehead atoms. The van der Waals surface area contributed by atoms with Crippen LogP contribution in [0.5, 0.6) is 0 Å². The van der Waals surface area contributed by atoms with Crippen LogP contribution >= 0.6 is 0 Å². The lowest BCUT2D eigenvalue weighted by Crippen LogP contribution is -2.30. The molecule has 1 amide bonds. The number of amides is 1. The minimum atomic E-state index is -0.499. The van der Waals surface area contributed by atoms with Gasteiger partial charge in [0, 0.05) is 11.1 Å². The van der Waals surface area contributed by atoms with Gasteiger partial charge in [0.25, 0.3) is 5.91 Å². The predicted octanol–water partition coefficient (Wildman–Crippen LogP) is 1.84. The number of carbonyl (C=O) groups excluding carboxylic acids is 2. The van der Waals surface area contributed by atoms with Gasteiger partial charge in [0.2, 0.25) is 0 Å². The van der Waals surface area contributed by atoms with E-state index in [1.807, 2.05) is 36.5 Å². The van der Waals surface area contributed by atoms with Crippen molar-refractivity contribution in [2.45, 2.75) is 0 Å². The van der Waals surface area contributed by atoms with Crippen LogP contribution in [-0.2, 0) is 9.53 Å². The van der Waals surface area contributed by atoms with Gasteiger partial charge in [-0.05, 0) is 24.3 Å². The van der Waals surface area contributed by atoms with Gasteiger partial charge in [-0.1, -0.05) is 35.5 Å². The number of hydrogen-bond acceptors (Lipinski definition) is 5. The second-order valence-corrected chi connectivity index (χ2v) is 5.22. The fourth-order valence-electron chi connectivity index (χ4n) is 2.22. The highest BCUT2D eigenvalue weighted by Crippen LogP contribution is 2.17. The van der Waals surface area contributed by atoms with Gasteiger partial charge in [-0.2, -0.15) is 0 Å². The Morgan fingerprint density at radius 3 is 2.48 bits per heavy atom. The molecule has 0 saturated carbocycles. The van der Waals surface area contributed by atoms with Crippen molar-refractivity contribution in [3.05, 3.63) is 66.4 Å². The number of ether oxygens (including phenoxy) is 1. The first kappa shape index (κ1) is 16.4. The van der Waals surface area contributed by atoms with Crippen molar-refractivity contribution in [3.8, 4) is 16.9 Å². The molecule has 0 unspecified atom stereocenters. The number of benzene rings is 2. The van der Waals surface area contributed by atoms with Crippen molar-refractivity contribution >= 4 is 11.9 Å². The van der Waals surface area contributed by atoms with Gasteiger partial charge in [-0.3, -0.25) is 9.59 Å². The fourth-order valence-corrected chi connectivity index (χ4v) is 2.22. The fraction of sp³-hybridized carbons (Fsp3) is 0.111. The molecule has 126 valence electrons. The molecule has 0 aliphatic rings. The van der Waals surface area contributed by atoms with Gasteiger partial charge in [0.15, 0.2) is 0 Å². The third-order valence-corrected chi connectivity index (χ3v) is 3.58. The molecule has 0 aliphatic carbocycles. The molecule has 1 heterocycles. The van der Waals surface area contributed by atoms with Gasteiger partial charge in [-0.25, -0.2) is 4.68 Å². The summed E-state index contributed by atoms with van der Waals surface area (Å²) in [6.07, 6.45) is 1.82. The maximum Gasteiger partial charge on any atom is 0.325 e. The number of esters is 1. The smallest absolute Gasteiger partial charge is 0.325 e. The first-order valence-electron chi connectivity index (χ1n) is 7.60. The van der Waals surface area contributed by atoms with E-state index >= 15 is 0 Å². The van der Waals surface area contributed by atoms with Crippen LogP contribution in [0.4, 0.5) is 0 Å². The number of methoxy groups -OCH3 is 1. The van der Waals surface area contributed by atoms with Crippen molar-refractivity contribution in [1.82, 2.24) is 20.3 Å². The molecule has 0 spiro atoms. The second-order valence-electron chi connectivity index (χ2n) is 5.22. The zero-order valence-corrected chi connectivity index (χ0v) is 13.5. The maximum atomic E-state index is 11.9. The average Bonchev–Trinajstić information content (AvgIpc) is 3.17. The molecule has 1 N–H and O–H groups in total. The second kappa shape index (κ2) is 7.39. The number of rotatable bonds is 5. The number of nitrogens with one attached hydrogen (secondary N) is 1. The topological polar surface area (TPSA) is 86.1 Å². The highest BCUT2D eigenvalue weighted by Gasteiger charge is 2.09. The monoisotopic (exact) mass is 336 g/mol. The lowest BCUT2D eigenvalue weighted by atomic mass is 10.2. The summed E-state index contributed by atoms with van der Waals surface area (Å²) in [5.74, 6) is -0.846. The summed E-state index contributed by atoms with van der Waals surface area (Å²) >= 11 is 0. The summed E-state index contributed by atoms with van der Waals surface area (Å²) in [5, 5.41) is 10.8. The van der Waals surface area contributed by atoms with E-state index in [4.69, 9.17) is 0 Å². The number of aromatic nitrogens is 3. The first-order chi connectivity index (χ1) is 12.2. The van der Waals surface area contributed by atoms with E-state index in [9.17, 15) is 9.59 Å². The van der Waals surface area contributed by atoms with Gasteiger partial charge >= 0.3 is 5.97 Å². The highest BCUT2D eigenvalue weighted by molar-refractivity contribution is 5.96. The number of nitrogens with zero attached hydrogens (tertiary/aromatic N) is 3. The molecular formula is C18H16N4O3. The summed E-state index contributed by atoms with van der Waals surface area (Å²) in [6.45, 7) is -0.166. The normalized spacial score (nSPS) is 10.3. The molecule has 3 rings (SSSR count). The number of hydrogen-bond donors (Lipinski definition) is 1. The van der Waals surface area contributed by atoms with Gasteiger partial charge < -0.3 is 10.1 Å². The minimum Gasteiger partial charge on any atom is -0.468 e. The van der Waals surface area contributed by atoms with Crippen LogP contribution in [0.1, 0.15) is 10.4 Å². The van der Waals surface area contributed by atoms with Crippen molar-refractivity contribution in [2.24, 2.45) is 0 Å². The van der Waals surface area contributed by atoms with Crippen LogP contribution in [0, 0.1) is 0 Å². The van der Waals surface area contributed by atoms with E-state index in [1.165, 1.54) is 7.11 Å². The molecule has 1 aromatic heterocycles. The largest absolute Gasteiger partial charge is 0.468 e. The van der Waals surface area contributed by atoms with E-state index in [0.29, 0.717) is 5.56 Å². The van der Waals surface area contributed by atoms with Crippen molar-refractivity contribution in [3.63, 3.8) is 0 Å². The van der Waals surface area contributed by atoms with E-state index in [-0.39, 0.29) is 12.5 Å². The zero-order valence-electron chi connectivity index (χ0n) is 13.5. The molecule has 3 aromatic rings. The first-order valence-corrected chi connectivity index (χ1v) is 7.60. The van der Waals surface area contributed by atoms with Crippen LogP contribution in [0.2, 0.25) is 0 Å². The van der Waals surface area contributed by atoms with Gasteiger partial charge in [0.1, 0.15) is 12.2 Å². The maximum absolute atomic E-state index is 11.9. The molecule has 0 fully saturated rings. The van der Waals surface area contributed by atoms with E-state index in [2.05, 4.69) is 20.4 Å². The lowest BCUT2D eigenvalue weighted by Gasteiger charge is -2.05. The standard InChI is InChI=1S/C18H16N4O3/c1-25-17(23)11-19-18(24)14-7-9-15(10-8-14)22-12-16(20-21-22)13-5-3-2-4-6-13/h2-10,12H,11H2,1H3,(H,19,24). The predicted molar refractivity (Wildman–Crippen MR) is 91.1 cm³/mol. The van der Waals surface area contributed by atoms with Crippen LogP contribution in [0.25, 0.3) is 16.9 Å². The summed E-state index contributed by atoms with van der Waals surface area (Å²) in [4.78, 5) is 23.0. The van der Waals surface area contributed by atoms with E-state index in [0.717, 1.165) is 16.9 Å². The molecule has 0 atom stereocenters. The Hall–Kier alpha value is -3.48. The molecule has 0 radical (unpaired) electrons. The van der Waals surface area contributed by atoms with E-state index in [1.54, 1.807) is 28.9 Å². The third kappa shape index (κ3) is 3.89. The Balaban J connectivity index is 1.71. The molecule has 0 saturated heterocycles. The summed E-state index contributed by atoms with van der Waals surface area (Å²) < 4.78 is 6.12. The van der Waals surface area contributed by atoms with Crippen molar-refractivity contribution in [2.75, 3.05) is 13.7 Å². The Bertz CT molecular complexity index is 873. The third-order valence-electron chi connectivity index (χ3n) is 3.58. The summed E-state index contributed by atoms with van der Waals surface area (Å²) in [6, 6.07) is 16.6.